The summed E-state index contributed by atoms with van der Waals surface area (Å²) >= 11 is 0. The molecule has 1 N–H and O–H groups in total. The summed E-state index contributed by atoms with van der Waals surface area (Å²) in [5.74, 6) is -0.627. The summed E-state index contributed by atoms with van der Waals surface area (Å²) in [7, 11) is 0. The zero-order chi connectivity index (χ0) is 23.8. The van der Waals surface area contributed by atoms with Crippen LogP contribution in [0, 0.1) is 0 Å². The molecule has 5 heteroatoms. The molecule has 2 unspecified atom stereocenters. The Morgan fingerprint density at radius 1 is 1.00 bits per heavy atom. The third kappa shape index (κ3) is 3.87. The van der Waals surface area contributed by atoms with E-state index < -0.39 is 17.7 Å². The molecule has 2 heterocycles. The molecule has 172 valence electrons. The zero-order valence-corrected chi connectivity index (χ0v) is 19.3. The molecule has 1 saturated heterocycles. The first-order valence-electron chi connectivity index (χ1n) is 11.7. The second kappa shape index (κ2) is 8.82. The Labute approximate surface area is 199 Å². The van der Waals surface area contributed by atoms with E-state index in [1.807, 2.05) is 73.7 Å². The topological polar surface area (TPSA) is 66.8 Å². The van der Waals surface area contributed by atoms with Gasteiger partial charge in [-0.25, -0.2) is 0 Å². The van der Waals surface area contributed by atoms with Crippen LogP contribution in [0.3, 0.4) is 0 Å². The number of ether oxygens (including phenoxy) is 1. The number of nitrogens with zero attached hydrogens (tertiary/aromatic N) is 1. The van der Waals surface area contributed by atoms with Gasteiger partial charge in [-0.15, -0.1) is 0 Å². The zero-order valence-electron chi connectivity index (χ0n) is 19.3. The molecule has 1 amide bonds. The lowest BCUT2D eigenvalue weighted by Gasteiger charge is -2.25. The van der Waals surface area contributed by atoms with Gasteiger partial charge >= 0.3 is 0 Å². The molecular formula is C29H27NO4. The Hall–Kier alpha value is -3.86. The quantitative estimate of drug-likeness (QED) is 0.328. The van der Waals surface area contributed by atoms with E-state index in [0.29, 0.717) is 5.56 Å². The van der Waals surface area contributed by atoms with Gasteiger partial charge in [-0.05, 0) is 53.8 Å². The molecule has 0 radical (unpaired) electrons. The summed E-state index contributed by atoms with van der Waals surface area (Å²) in [5, 5.41) is 11.4. The summed E-state index contributed by atoms with van der Waals surface area (Å²) < 4.78 is 5.77. The Morgan fingerprint density at radius 2 is 1.74 bits per heavy atom. The molecule has 0 saturated carbocycles. The van der Waals surface area contributed by atoms with Crippen LogP contribution in [0.25, 0.3) is 5.76 Å². The van der Waals surface area contributed by atoms with E-state index in [1.54, 1.807) is 11.0 Å². The van der Waals surface area contributed by atoms with Crippen LogP contribution in [-0.2, 0) is 29.0 Å². The highest BCUT2D eigenvalue weighted by Gasteiger charge is 2.46. The lowest BCUT2D eigenvalue weighted by molar-refractivity contribution is -0.140. The summed E-state index contributed by atoms with van der Waals surface area (Å²) in [6.07, 6.45) is 1.70. The van der Waals surface area contributed by atoms with E-state index in [-0.39, 0.29) is 24.0 Å². The third-order valence-corrected chi connectivity index (χ3v) is 6.61. The molecule has 0 aliphatic carbocycles. The minimum Gasteiger partial charge on any atom is -0.507 e. The van der Waals surface area contributed by atoms with Gasteiger partial charge in [0.25, 0.3) is 11.7 Å². The van der Waals surface area contributed by atoms with Gasteiger partial charge in [0.1, 0.15) is 17.6 Å². The largest absolute Gasteiger partial charge is 0.507 e. The molecule has 2 aliphatic rings. The Bertz CT molecular complexity index is 1280. The van der Waals surface area contributed by atoms with Crippen LogP contribution in [-0.4, -0.2) is 27.8 Å². The van der Waals surface area contributed by atoms with Crippen LogP contribution in [0.2, 0.25) is 0 Å². The normalized spacial score (nSPS) is 20.9. The fourth-order valence-corrected chi connectivity index (χ4v) is 4.83. The van der Waals surface area contributed by atoms with Crippen molar-refractivity contribution >= 4 is 17.4 Å². The van der Waals surface area contributed by atoms with Crippen molar-refractivity contribution in [3.05, 3.63) is 106 Å². The molecule has 0 aromatic heterocycles. The standard InChI is InChI=1S/C29H27NO4/c1-3-19-9-11-21(12-10-19)26-25(27(31)22-13-14-24-23(16-22)15-18(2)34-24)28(32)29(33)30(26)17-20-7-5-4-6-8-20/h4-14,16,18,26,31H,3,15,17H2,1-2H3. The number of ketones is 1. The van der Waals surface area contributed by atoms with Crippen molar-refractivity contribution in [2.75, 3.05) is 0 Å². The highest BCUT2D eigenvalue weighted by molar-refractivity contribution is 6.46. The maximum absolute atomic E-state index is 13.3. The number of likely N-dealkylation sites (tertiary alicyclic amines) is 1. The van der Waals surface area contributed by atoms with E-state index in [1.165, 1.54) is 0 Å². The lowest BCUT2D eigenvalue weighted by Crippen LogP contribution is -2.29. The lowest BCUT2D eigenvalue weighted by atomic mass is 9.93. The minimum absolute atomic E-state index is 0.0703. The molecule has 3 aromatic rings. The second-order valence-corrected chi connectivity index (χ2v) is 8.96. The van der Waals surface area contributed by atoms with Crippen molar-refractivity contribution in [3.63, 3.8) is 0 Å². The molecule has 1 fully saturated rings. The average Bonchev–Trinajstić information content (AvgIpc) is 3.35. The number of hydrogen-bond donors (Lipinski definition) is 1. The molecule has 2 atom stereocenters. The molecule has 0 spiro atoms. The number of carbonyl (C=O) groups excluding carboxylic acids is 2. The first-order chi connectivity index (χ1) is 16.5. The van der Waals surface area contributed by atoms with E-state index in [2.05, 4.69) is 6.92 Å². The van der Waals surface area contributed by atoms with Gasteiger partial charge < -0.3 is 14.7 Å². The summed E-state index contributed by atoms with van der Waals surface area (Å²) in [6.45, 7) is 4.35. The predicted octanol–water partition coefficient (Wildman–Crippen LogP) is 5.19. The highest BCUT2D eigenvalue weighted by Crippen LogP contribution is 2.41. The number of carbonyl (C=O) groups is 2. The molecule has 2 aliphatic heterocycles. The Balaban J connectivity index is 1.62. The number of benzene rings is 3. The monoisotopic (exact) mass is 453 g/mol. The summed E-state index contributed by atoms with van der Waals surface area (Å²) in [5.41, 5.74) is 4.51. The smallest absolute Gasteiger partial charge is 0.295 e. The van der Waals surface area contributed by atoms with E-state index in [4.69, 9.17) is 4.74 Å². The molecule has 5 nitrogen and oxygen atoms in total. The average molecular weight is 454 g/mol. The van der Waals surface area contributed by atoms with E-state index >= 15 is 0 Å². The number of amides is 1. The SMILES string of the molecule is CCc1ccc(C2C(=C(O)c3ccc4c(c3)CC(C)O4)C(=O)C(=O)N2Cc2ccccc2)cc1. The first kappa shape index (κ1) is 22.0. The van der Waals surface area contributed by atoms with Gasteiger partial charge in [0.15, 0.2) is 0 Å². The van der Waals surface area contributed by atoms with E-state index in [0.717, 1.165) is 40.8 Å². The first-order valence-corrected chi connectivity index (χ1v) is 11.7. The third-order valence-electron chi connectivity index (χ3n) is 6.61. The fourth-order valence-electron chi connectivity index (χ4n) is 4.83. The number of aryl methyl sites for hydroxylation is 1. The van der Waals surface area contributed by atoms with Crippen LogP contribution < -0.4 is 4.74 Å². The molecule has 5 rings (SSSR count). The van der Waals surface area contributed by atoms with Gasteiger partial charge in [0.2, 0.25) is 0 Å². The number of hydrogen-bond acceptors (Lipinski definition) is 4. The van der Waals surface area contributed by atoms with Gasteiger partial charge in [-0.3, -0.25) is 9.59 Å². The number of fused-ring (bicyclic) bond motifs is 1. The molecule has 34 heavy (non-hydrogen) atoms. The van der Waals surface area contributed by atoms with Crippen LogP contribution in [0.1, 0.15) is 47.7 Å². The van der Waals surface area contributed by atoms with Crippen LogP contribution in [0.4, 0.5) is 0 Å². The minimum atomic E-state index is -0.672. The second-order valence-electron chi connectivity index (χ2n) is 8.96. The maximum atomic E-state index is 13.3. The van der Waals surface area contributed by atoms with E-state index in [9.17, 15) is 14.7 Å². The van der Waals surface area contributed by atoms with Crippen molar-refractivity contribution in [1.82, 2.24) is 4.90 Å². The van der Waals surface area contributed by atoms with Crippen molar-refractivity contribution < 1.29 is 19.4 Å². The fraction of sp³-hybridized carbons (Fsp3) is 0.241. The van der Waals surface area contributed by atoms with Crippen molar-refractivity contribution in [3.8, 4) is 5.75 Å². The summed E-state index contributed by atoms with van der Waals surface area (Å²) in [6, 6.07) is 22.2. The van der Waals surface area contributed by atoms with Crippen LogP contribution in [0.5, 0.6) is 5.75 Å². The maximum Gasteiger partial charge on any atom is 0.295 e. The van der Waals surface area contributed by atoms with Crippen molar-refractivity contribution in [2.24, 2.45) is 0 Å². The van der Waals surface area contributed by atoms with Crippen LogP contribution in [0.15, 0.2) is 78.4 Å². The predicted molar refractivity (Wildman–Crippen MR) is 130 cm³/mol. The van der Waals surface area contributed by atoms with Crippen LogP contribution >= 0.6 is 0 Å². The van der Waals surface area contributed by atoms with Gasteiger partial charge in [0.05, 0.1) is 11.6 Å². The Morgan fingerprint density at radius 3 is 2.44 bits per heavy atom. The van der Waals surface area contributed by atoms with Gasteiger partial charge in [-0.1, -0.05) is 61.5 Å². The Kier molecular flexibility index (Phi) is 5.70. The number of rotatable bonds is 5. The van der Waals surface area contributed by atoms with Crippen molar-refractivity contribution in [1.29, 1.82) is 0 Å². The number of aliphatic hydroxyl groups is 1. The molecule has 3 aromatic carbocycles. The summed E-state index contributed by atoms with van der Waals surface area (Å²) in [4.78, 5) is 28.0. The molecule has 0 bridgehead atoms. The number of aliphatic hydroxyl groups excluding tert-OH is 1. The van der Waals surface area contributed by atoms with Gasteiger partial charge in [0, 0.05) is 18.5 Å². The van der Waals surface area contributed by atoms with Gasteiger partial charge in [-0.2, -0.15) is 0 Å². The number of Topliss-reactive ketones (excluding diaryl/α,β-unsaturated/α-hetero) is 1. The molecular weight excluding hydrogens is 426 g/mol. The highest BCUT2D eigenvalue weighted by atomic mass is 16.5. The van der Waals surface area contributed by atoms with Crippen molar-refractivity contribution in [2.45, 2.75) is 45.4 Å².